The molecule has 9 heavy (non-hydrogen) atoms. The van der Waals surface area contributed by atoms with Gasteiger partial charge in [-0.3, -0.25) is 4.99 Å². The summed E-state index contributed by atoms with van der Waals surface area (Å²) < 4.78 is 11.7. The van der Waals surface area contributed by atoms with Gasteiger partial charge in [0.15, 0.2) is 0 Å². The van der Waals surface area contributed by atoms with Crippen molar-refractivity contribution >= 4 is 6.21 Å². The minimum atomic E-state index is -0.542. The van der Waals surface area contributed by atoms with E-state index in [1.807, 2.05) is 6.92 Å². The van der Waals surface area contributed by atoms with Crippen molar-refractivity contribution in [3.63, 3.8) is 0 Å². The van der Waals surface area contributed by atoms with Crippen LogP contribution in [0.25, 0.3) is 0 Å². The van der Waals surface area contributed by atoms with Crippen LogP contribution in [0.1, 0.15) is 6.92 Å². The third-order valence-electron chi connectivity index (χ3n) is 0.808. The second kappa shape index (κ2) is 5.28. The van der Waals surface area contributed by atoms with E-state index in [2.05, 4.69) is 4.99 Å². The Labute approximate surface area is 54.3 Å². The Balaban J connectivity index is 3.70. The van der Waals surface area contributed by atoms with Gasteiger partial charge in [0, 0.05) is 24.5 Å². The Morgan fingerprint density at radius 3 is 2.78 bits per heavy atom. The van der Waals surface area contributed by atoms with Gasteiger partial charge in [-0.2, -0.15) is 0 Å². The summed E-state index contributed by atoms with van der Waals surface area (Å²) in [5, 5.41) is 0. The van der Waals surface area contributed by atoms with E-state index in [1.54, 1.807) is 0 Å². The van der Waals surface area contributed by atoms with Crippen LogP contribution in [0.3, 0.4) is 0 Å². The molecule has 0 fully saturated rings. The van der Waals surface area contributed by atoms with E-state index in [9.17, 15) is 4.39 Å². The molecule has 0 aliphatic carbocycles. The van der Waals surface area contributed by atoms with E-state index in [1.165, 1.54) is 12.4 Å². The van der Waals surface area contributed by atoms with Crippen molar-refractivity contribution in [3.05, 3.63) is 11.8 Å². The van der Waals surface area contributed by atoms with Crippen molar-refractivity contribution in [2.45, 2.75) is 6.92 Å². The van der Waals surface area contributed by atoms with Crippen LogP contribution in [0.4, 0.5) is 4.39 Å². The molecule has 0 rings (SSSR count). The fourth-order valence-electron chi connectivity index (χ4n) is 0.331. The highest BCUT2D eigenvalue weighted by Gasteiger charge is 1.86. The number of halogens is 1. The van der Waals surface area contributed by atoms with E-state index in [4.69, 9.17) is 5.73 Å². The lowest BCUT2D eigenvalue weighted by Gasteiger charge is -1.88. The fourth-order valence-corrected chi connectivity index (χ4v) is 0.331. The van der Waals surface area contributed by atoms with Gasteiger partial charge in [-0.25, -0.2) is 4.39 Å². The first kappa shape index (κ1) is 8.14. The predicted molar refractivity (Wildman–Crippen MR) is 37.3 cm³/mol. The zero-order valence-corrected chi connectivity index (χ0v) is 5.47. The number of rotatable bonds is 3. The standard InChI is InChI=1S/C6H11FN2/c1-2-9-5-6(3-7)4-8/h4-5H,2-3,8H2,1H3/b6-4-,9-5?. The van der Waals surface area contributed by atoms with E-state index in [0.29, 0.717) is 12.1 Å². The molecule has 0 aliphatic rings. The monoisotopic (exact) mass is 130 g/mol. The lowest BCUT2D eigenvalue weighted by molar-refractivity contribution is 0.553. The number of aliphatic imine (C=N–C) groups is 1. The van der Waals surface area contributed by atoms with Crippen molar-refractivity contribution in [2.24, 2.45) is 10.7 Å². The average Bonchev–Trinajstić information content (AvgIpc) is 1.91. The van der Waals surface area contributed by atoms with Crippen LogP contribution >= 0.6 is 0 Å². The molecular weight excluding hydrogens is 119 g/mol. The summed E-state index contributed by atoms with van der Waals surface area (Å²) >= 11 is 0. The molecule has 0 saturated heterocycles. The maximum atomic E-state index is 11.7. The van der Waals surface area contributed by atoms with Gasteiger partial charge < -0.3 is 5.73 Å². The zero-order valence-electron chi connectivity index (χ0n) is 5.47. The maximum absolute atomic E-state index is 11.7. The lowest BCUT2D eigenvalue weighted by Crippen LogP contribution is -1.92. The quantitative estimate of drug-likeness (QED) is 0.566. The molecule has 0 spiro atoms. The van der Waals surface area contributed by atoms with Crippen LogP contribution in [0.2, 0.25) is 0 Å². The second-order valence-electron chi connectivity index (χ2n) is 1.50. The van der Waals surface area contributed by atoms with Crippen molar-refractivity contribution in [3.8, 4) is 0 Å². The molecule has 0 heterocycles. The molecule has 0 unspecified atom stereocenters. The van der Waals surface area contributed by atoms with Crippen molar-refractivity contribution in [2.75, 3.05) is 13.2 Å². The molecule has 2 nitrogen and oxygen atoms in total. The van der Waals surface area contributed by atoms with Gasteiger partial charge in [-0.1, -0.05) is 0 Å². The van der Waals surface area contributed by atoms with Crippen LogP contribution < -0.4 is 5.73 Å². The lowest BCUT2D eigenvalue weighted by atomic mass is 10.3. The molecule has 0 atom stereocenters. The molecule has 0 aromatic heterocycles. The smallest absolute Gasteiger partial charge is 0.117 e. The van der Waals surface area contributed by atoms with Gasteiger partial charge in [0.2, 0.25) is 0 Å². The fraction of sp³-hybridized carbons (Fsp3) is 0.500. The van der Waals surface area contributed by atoms with E-state index in [-0.39, 0.29) is 0 Å². The van der Waals surface area contributed by atoms with Crippen LogP contribution in [0.15, 0.2) is 16.8 Å². The maximum Gasteiger partial charge on any atom is 0.117 e. The van der Waals surface area contributed by atoms with Crippen LogP contribution in [0.5, 0.6) is 0 Å². The number of hydrogen-bond acceptors (Lipinski definition) is 2. The molecule has 0 amide bonds. The summed E-state index contributed by atoms with van der Waals surface area (Å²) in [5.74, 6) is 0. The van der Waals surface area contributed by atoms with Crippen molar-refractivity contribution < 1.29 is 4.39 Å². The Hall–Kier alpha value is -0.860. The van der Waals surface area contributed by atoms with Crippen LogP contribution in [-0.2, 0) is 0 Å². The highest BCUT2D eigenvalue weighted by Crippen LogP contribution is 1.87. The second-order valence-corrected chi connectivity index (χ2v) is 1.50. The summed E-state index contributed by atoms with van der Waals surface area (Å²) in [6.45, 7) is 2.00. The first-order valence-corrected chi connectivity index (χ1v) is 2.81. The zero-order chi connectivity index (χ0) is 7.11. The van der Waals surface area contributed by atoms with Gasteiger partial charge in [-0.15, -0.1) is 0 Å². The summed E-state index contributed by atoms with van der Waals surface area (Å²) in [5.41, 5.74) is 5.46. The van der Waals surface area contributed by atoms with E-state index < -0.39 is 6.67 Å². The van der Waals surface area contributed by atoms with Gasteiger partial charge in [0.05, 0.1) is 0 Å². The minimum absolute atomic E-state index is 0.428. The molecular formula is C6H11FN2. The SMILES string of the molecule is CCN=C/C(=C\N)CF. The highest BCUT2D eigenvalue weighted by molar-refractivity contribution is 5.78. The topological polar surface area (TPSA) is 38.4 Å². The van der Waals surface area contributed by atoms with Gasteiger partial charge in [0.1, 0.15) is 6.67 Å². The van der Waals surface area contributed by atoms with Crippen molar-refractivity contribution in [1.29, 1.82) is 0 Å². The van der Waals surface area contributed by atoms with E-state index in [0.717, 1.165) is 0 Å². The molecule has 0 aromatic rings. The first-order chi connectivity index (χ1) is 4.35. The third-order valence-corrected chi connectivity index (χ3v) is 0.808. The highest BCUT2D eigenvalue weighted by atomic mass is 19.1. The molecule has 3 heteroatoms. The van der Waals surface area contributed by atoms with Gasteiger partial charge >= 0.3 is 0 Å². The molecule has 0 aliphatic heterocycles. The Bertz CT molecular complexity index is 118. The third kappa shape index (κ3) is 3.70. The normalized spacial score (nSPS) is 12.9. The molecule has 2 N–H and O–H groups in total. The number of nitrogens with zero attached hydrogens (tertiary/aromatic N) is 1. The molecule has 0 saturated carbocycles. The van der Waals surface area contributed by atoms with Crippen molar-refractivity contribution in [1.82, 2.24) is 0 Å². The number of nitrogens with two attached hydrogens (primary N) is 1. The number of alkyl halides is 1. The Kier molecular flexibility index (Phi) is 4.78. The van der Waals surface area contributed by atoms with E-state index >= 15 is 0 Å². The summed E-state index contributed by atoms with van der Waals surface area (Å²) in [7, 11) is 0. The van der Waals surface area contributed by atoms with Gasteiger partial charge in [0.25, 0.3) is 0 Å². The average molecular weight is 130 g/mol. The molecule has 52 valence electrons. The Morgan fingerprint density at radius 2 is 2.44 bits per heavy atom. The first-order valence-electron chi connectivity index (χ1n) is 2.81. The number of hydrogen-bond donors (Lipinski definition) is 1. The predicted octanol–water partition coefficient (Wildman–Crippen LogP) is 0.889. The van der Waals surface area contributed by atoms with Gasteiger partial charge in [-0.05, 0) is 6.92 Å². The molecule has 0 bridgehead atoms. The summed E-state index contributed by atoms with van der Waals surface area (Å²) in [6, 6.07) is 0. The Morgan fingerprint density at radius 1 is 1.78 bits per heavy atom. The summed E-state index contributed by atoms with van der Waals surface area (Å²) in [4.78, 5) is 3.80. The van der Waals surface area contributed by atoms with Crippen LogP contribution in [-0.4, -0.2) is 19.4 Å². The minimum Gasteiger partial charge on any atom is -0.404 e. The largest absolute Gasteiger partial charge is 0.404 e. The molecule has 0 radical (unpaired) electrons. The summed E-state index contributed by atoms with van der Waals surface area (Å²) in [6.07, 6.45) is 2.67. The number of allylic oxidation sites excluding steroid dienone is 1. The van der Waals surface area contributed by atoms with Crippen LogP contribution in [0, 0.1) is 0 Å². The molecule has 0 aromatic carbocycles.